The lowest BCUT2D eigenvalue weighted by molar-refractivity contribution is 0.146. The molecule has 2 heterocycles. The highest BCUT2D eigenvalue weighted by Crippen LogP contribution is 2.44. The third-order valence-electron chi connectivity index (χ3n) is 5.48. The average molecular weight is 457 g/mol. The van der Waals surface area contributed by atoms with Crippen molar-refractivity contribution < 1.29 is 22.0 Å². The second-order valence-corrected chi connectivity index (χ2v) is 8.23. The van der Waals surface area contributed by atoms with Gasteiger partial charge in [0.15, 0.2) is 11.6 Å². The van der Waals surface area contributed by atoms with Gasteiger partial charge in [0, 0.05) is 16.7 Å². The van der Waals surface area contributed by atoms with Crippen molar-refractivity contribution in [3.63, 3.8) is 0 Å². The molecule has 0 bridgehead atoms. The number of rotatable bonds is 4. The Morgan fingerprint density at radius 2 is 1.91 bits per heavy atom. The third-order valence-corrected chi connectivity index (χ3v) is 5.48. The van der Waals surface area contributed by atoms with E-state index in [2.05, 4.69) is 32.3 Å². The zero-order valence-corrected chi connectivity index (χ0v) is 17.3. The van der Waals surface area contributed by atoms with Gasteiger partial charge >= 0.3 is 0 Å². The molecule has 0 aliphatic heterocycles. The lowest BCUT2D eigenvalue weighted by Gasteiger charge is -2.13. The summed E-state index contributed by atoms with van der Waals surface area (Å²) in [6, 6.07) is 6.09. The fourth-order valence-corrected chi connectivity index (χ4v) is 3.50. The Kier molecular flexibility index (Phi) is 4.92. The minimum absolute atomic E-state index is 0.0418. The Bertz CT molecular complexity index is 1460. The molecule has 1 aliphatic rings. The number of nitrogens with one attached hydrogen (secondary N) is 1. The predicted octanol–water partition coefficient (Wildman–Crippen LogP) is 5.40. The van der Waals surface area contributed by atoms with Crippen LogP contribution in [0.5, 0.6) is 0 Å². The van der Waals surface area contributed by atoms with E-state index >= 15 is 0 Å². The Morgan fingerprint density at radius 3 is 2.64 bits per heavy atom. The lowest BCUT2D eigenvalue weighted by atomic mass is 10.1. The van der Waals surface area contributed by atoms with Crippen LogP contribution >= 0.6 is 0 Å². The second-order valence-electron chi connectivity index (χ2n) is 8.23. The first kappa shape index (κ1) is 21.1. The molecular formula is C23H16F5N5. The summed E-state index contributed by atoms with van der Waals surface area (Å²) >= 11 is 0. The van der Waals surface area contributed by atoms with Crippen LogP contribution in [-0.2, 0) is 6.42 Å². The van der Waals surface area contributed by atoms with Crippen molar-refractivity contribution in [2.75, 3.05) is 5.32 Å². The molecule has 5 nitrogen and oxygen atoms in total. The summed E-state index contributed by atoms with van der Waals surface area (Å²) in [5.74, 6) is 2.67. The maximum absolute atomic E-state index is 14.9. The van der Waals surface area contributed by atoms with Crippen LogP contribution in [0, 0.1) is 34.7 Å². The first-order valence-electron chi connectivity index (χ1n) is 10.1. The van der Waals surface area contributed by atoms with Crippen LogP contribution in [0.4, 0.5) is 33.5 Å². The van der Waals surface area contributed by atoms with Crippen molar-refractivity contribution in [1.82, 2.24) is 19.6 Å². The Hall–Kier alpha value is -3.74. The molecule has 1 N–H and O–H groups in total. The van der Waals surface area contributed by atoms with Crippen LogP contribution in [0.2, 0.25) is 0 Å². The quantitative estimate of drug-likeness (QED) is 0.330. The third kappa shape index (κ3) is 4.06. The zero-order chi connectivity index (χ0) is 23.3. The number of benzene rings is 2. The highest BCUT2D eigenvalue weighted by molar-refractivity contribution is 5.93. The van der Waals surface area contributed by atoms with Crippen molar-refractivity contribution >= 4 is 28.2 Å². The highest BCUT2D eigenvalue weighted by atomic mass is 19.3. The summed E-state index contributed by atoms with van der Waals surface area (Å²) < 4.78 is 70.2. The smallest absolute Gasteiger partial charge is 0.257 e. The highest BCUT2D eigenvalue weighted by Gasteiger charge is 2.35. The van der Waals surface area contributed by atoms with Crippen LogP contribution in [0.1, 0.15) is 31.2 Å². The van der Waals surface area contributed by atoms with Crippen molar-refractivity contribution in [3.8, 4) is 11.8 Å². The maximum Gasteiger partial charge on any atom is 0.257 e. The van der Waals surface area contributed by atoms with E-state index in [1.165, 1.54) is 12.1 Å². The number of fused-ring (bicyclic) bond motifs is 3. The maximum atomic E-state index is 14.9. The van der Waals surface area contributed by atoms with E-state index in [0.29, 0.717) is 5.56 Å². The number of nitrogens with zero attached hydrogens (tertiary/aromatic N) is 4. The molecule has 1 saturated carbocycles. The van der Waals surface area contributed by atoms with Crippen molar-refractivity contribution in [3.05, 3.63) is 59.2 Å². The van der Waals surface area contributed by atoms with E-state index in [4.69, 9.17) is 0 Å². The molecule has 0 unspecified atom stereocenters. The van der Waals surface area contributed by atoms with Crippen LogP contribution in [0.3, 0.4) is 0 Å². The number of aromatic nitrogens is 4. The van der Waals surface area contributed by atoms with Gasteiger partial charge in [0.2, 0.25) is 6.43 Å². The Morgan fingerprint density at radius 1 is 1.12 bits per heavy atom. The van der Waals surface area contributed by atoms with Gasteiger partial charge in [-0.15, -0.1) is 10.2 Å². The normalized spacial score (nSPS) is 14.5. The van der Waals surface area contributed by atoms with E-state index < -0.39 is 30.3 Å². The SMILES string of the molecule is CC1(C#Cc2cc(F)cc(Nc3nc4nnc(CC(F)F)n4c4ccc(F)c(F)c34)c2)CC1. The van der Waals surface area contributed by atoms with Crippen molar-refractivity contribution in [1.29, 1.82) is 0 Å². The number of halogens is 5. The van der Waals surface area contributed by atoms with Gasteiger partial charge in [-0.05, 0) is 50.1 Å². The molecule has 1 aliphatic carbocycles. The minimum Gasteiger partial charge on any atom is -0.339 e. The van der Waals surface area contributed by atoms with E-state index in [1.807, 2.05) is 6.92 Å². The molecule has 33 heavy (non-hydrogen) atoms. The summed E-state index contributed by atoms with van der Waals surface area (Å²) in [5, 5.41) is 10.00. The van der Waals surface area contributed by atoms with Gasteiger partial charge < -0.3 is 5.32 Å². The molecule has 0 amide bonds. The lowest BCUT2D eigenvalue weighted by Crippen LogP contribution is -2.07. The molecule has 0 saturated heterocycles. The number of anilines is 2. The van der Waals surface area contributed by atoms with Gasteiger partial charge in [-0.25, -0.2) is 22.0 Å². The average Bonchev–Trinajstić information content (AvgIpc) is 3.36. The van der Waals surface area contributed by atoms with E-state index in [0.717, 1.165) is 29.4 Å². The molecule has 0 spiro atoms. The molecule has 10 heteroatoms. The number of hydrogen-bond acceptors (Lipinski definition) is 4. The molecule has 0 atom stereocenters. The molecule has 4 aromatic rings. The molecule has 2 aromatic heterocycles. The first-order chi connectivity index (χ1) is 15.7. The summed E-state index contributed by atoms with van der Waals surface area (Å²) in [7, 11) is 0. The van der Waals surface area contributed by atoms with Crippen LogP contribution in [0.15, 0.2) is 30.3 Å². The van der Waals surface area contributed by atoms with Crippen LogP contribution in [0.25, 0.3) is 16.7 Å². The minimum atomic E-state index is -2.72. The Labute approximate surface area is 184 Å². The summed E-state index contributed by atoms with van der Waals surface area (Å²) in [4.78, 5) is 4.15. The zero-order valence-electron chi connectivity index (χ0n) is 17.3. The number of hydrogen-bond donors (Lipinski definition) is 1. The van der Waals surface area contributed by atoms with Gasteiger partial charge in [0.25, 0.3) is 5.78 Å². The molecule has 1 fully saturated rings. The van der Waals surface area contributed by atoms with Gasteiger partial charge in [-0.2, -0.15) is 4.98 Å². The van der Waals surface area contributed by atoms with Gasteiger partial charge in [0.05, 0.1) is 17.3 Å². The van der Waals surface area contributed by atoms with E-state index in [9.17, 15) is 22.0 Å². The standard InChI is InChI=1S/C23H16F5N5/c1-23(6-7-23)5-4-12-8-13(24)10-14(9-12)29-21-19-16(3-2-15(25)20(19)28)33-18(11-17(26)27)31-32-22(33)30-21/h2-3,8-10,17H,6-7,11H2,1H3,(H,29,30,32). The largest absolute Gasteiger partial charge is 0.339 e. The monoisotopic (exact) mass is 457 g/mol. The van der Waals surface area contributed by atoms with Crippen molar-refractivity contribution in [2.24, 2.45) is 5.41 Å². The van der Waals surface area contributed by atoms with E-state index in [1.54, 1.807) is 6.07 Å². The van der Waals surface area contributed by atoms with E-state index in [-0.39, 0.29) is 39.4 Å². The summed E-state index contributed by atoms with van der Waals surface area (Å²) in [6.07, 6.45) is -1.50. The molecule has 2 aromatic carbocycles. The van der Waals surface area contributed by atoms with Crippen molar-refractivity contribution in [2.45, 2.75) is 32.6 Å². The fraction of sp³-hybridized carbons (Fsp3) is 0.261. The molecule has 168 valence electrons. The summed E-state index contributed by atoms with van der Waals surface area (Å²) in [6.45, 7) is 2.02. The van der Waals surface area contributed by atoms with Gasteiger partial charge in [-0.3, -0.25) is 4.40 Å². The first-order valence-corrected chi connectivity index (χ1v) is 10.1. The van der Waals surface area contributed by atoms with Gasteiger partial charge in [-0.1, -0.05) is 11.8 Å². The summed E-state index contributed by atoms with van der Waals surface area (Å²) in [5.41, 5.74) is 0.589. The van der Waals surface area contributed by atoms with Gasteiger partial charge in [0.1, 0.15) is 17.5 Å². The number of alkyl halides is 2. The second kappa shape index (κ2) is 7.69. The predicted molar refractivity (Wildman–Crippen MR) is 112 cm³/mol. The fourth-order valence-electron chi connectivity index (χ4n) is 3.50. The molecule has 0 radical (unpaired) electrons. The molecular weight excluding hydrogens is 441 g/mol. The van der Waals surface area contributed by atoms with Crippen LogP contribution < -0.4 is 5.32 Å². The topological polar surface area (TPSA) is 55.1 Å². The molecule has 5 rings (SSSR count). The Balaban J connectivity index is 1.64. The van der Waals surface area contributed by atoms with Crippen LogP contribution in [-0.4, -0.2) is 26.0 Å².